The van der Waals surface area contributed by atoms with Crippen LogP contribution in [0.5, 0.6) is 17.4 Å². The molecule has 1 atom stereocenters. The van der Waals surface area contributed by atoms with Crippen LogP contribution in [-0.4, -0.2) is 26.7 Å². The summed E-state index contributed by atoms with van der Waals surface area (Å²) in [6.07, 6.45) is 1.69. The minimum Gasteiger partial charge on any atom is -0.497 e. The standard InChI is InChI=1S/C33H22N4O2/c1-38-23-16-13-22(14-17-23)28-29-25-11-5-3-8-21(25)15-18-27(29)39-33-30(28)32-35-31(36-37(32)19-34-33)26-12-6-9-20-7-2-4-10-24(20)26/h2-19,28H,1H3. The molecular formula is C33H22N4O2. The first kappa shape index (κ1) is 21.8. The highest BCUT2D eigenvalue weighted by atomic mass is 16.5. The Hall–Kier alpha value is -5.23. The molecule has 8 rings (SSSR count). The molecule has 0 fully saturated rings. The fourth-order valence-corrected chi connectivity index (χ4v) is 5.77. The number of methoxy groups -OCH3 is 1. The predicted molar refractivity (Wildman–Crippen MR) is 152 cm³/mol. The number of hydrogen-bond donors (Lipinski definition) is 0. The van der Waals surface area contributed by atoms with E-state index in [0.29, 0.717) is 11.7 Å². The van der Waals surface area contributed by atoms with Gasteiger partial charge in [-0.25, -0.2) is 14.5 Å². The van der Waals surface area contributed by atoms with Crippen molar-refractivity contribution in [3.05, 3.63) is 126 Å². The van der Waals surface area contributed by atoms with Crippen molar-refractivity contribution in [2.24, 2.45) is 0 Å². The van der Waals surface area contributed by atoms with Gasteiger partial charge in [0.1, 0.15) is 17.8 Å². The average Bonchev–Trinajstić information content (AvgIpc) is 3.44. The van der Waals surface area contributed by atoms with Crippen LogP contribution in [0, 0.1) is 0 Å². The van der Waals surface area contributed by atoms with Gasteiger partial charge in [-0.05, 0) is 45.3 Å². The van der Waals surface area contributed by atoms with E-state index in [1.807, 2.05) is 36.4 Å². The Bertz CT molecular complexity index is 2040. The molecule has 0 amide bonds. The summed E-state index contributed by atoms with van der Waals surface area (Å²) < 4.78 is 13.7. The number of benzene rings is 5. The second kappa shape index (κ2) is 8.39. The van der Waals surface area contributed by atoms with Crippen LogP contribution in [0.15, 0.2) is 109 Å². The molecule has 1 aliphatic rings. The number of nitrogens with zero attached hydrogens (tertiary/aromatic N) is 4. The average molecular weight is 507 g/mol. The smallest absolute Gasteiger partial charge is 0.228 e. The number of fused-ring (bicyclic) bond motifs is 7. The molecular weight excluding hydrogens is 484 g/mol. The minimum atomic E-state index is -0.165. The van der Waals surface area contributed by atoms with Gasteiger partial charge in [-0.1, -0.05) is 84.9 Å². The third-order valence-corrected chi connectivity index (χ3v) is 7.58. The molecule has 0 radical (unpaired) electrons. The Kier molecular flexibility index (Phi) is 4.70. The zero-order valence-electron chi connectivity index (χ0n) is 21.1. The van der Waals surface area contributed by atoms with Crippen molar-refractivity contribution in [3.63, 3.8) is 0 Å². The van der Waals surface area contributed by atoms with E-state index in [9.17, 15) is 0 Å². The molecule has 2 aromatic heterocycles. The molecule has 0 aliphatic carbocycles. The molecule has 0 spiro atoms. The Labute approximate surface area is 224 Å². The molecule has 0 N–H and O–H groups in total. The van der Waals surface area contributed by atoms with Crippen LogP contribution in [0.1, 0.15) is 22.6 Å². The fourth-order valence-electron chi connectivity index (χ4n) is 5.77. The summed E-state index contributed by atoms with van der Waals surface area (Å²) in [5, 5.41) is 9.43. The van der Waals surface area contributed by atoms with Crippen LogP contribution in [0.4, 0.5) is 0 Å². The topological polar surface area (TPSA) is 61.5 Å². The van der Waals surface area contributed by atoms with Gasteiger partial charge in [0.25, 0.3) is 0 Å². The first-order valence-electron chi connectivity index (χ1n) is 12.9. The predicted octanol–water partition coefficient (Wildman–Crippen LogP) is 7.39. The largest absolute Gasteiger partial charge is 0.497 e. The minimum absolute atomic E-state index is 0.165. The van der Waals surface area contributed by atoms with Crippen molar-refractivity contribution >= 4 is 27.2 Å². The summed E-state index contributed by atoms with van der Waals surface area (Å²) in [5.74, 6) is 2.64. The third-order valence-electron chi connectivity index (χ3n) is 7.58. The van der Waals surface area contributed by atoms with E-state index in [1.54, 1.807) is 18.0 Å². The lowest BCUT2D eigenvalue weighted by Crippen LogP contribution is -2.15. The van der Waals surface area contributed by atoms with Crippen molar-refractivity contribution in [2.75, 3.05) is 7.11 Å². The zero-order chi connectivity index (χ0) is 25.9. The molecule has 0 bridgehead atoms. The zero-order valence-corrected chi connectivity index (χ0v) is 21.1. The van der Waals surface area contributed by atoms with Crippen molar-refractivity contribution in [3.8, 4) is 28.8 Å². The number of rotatable bonds is 3. The second-order valence-corrected chi connectivity index (χ2v) is 9.70. The Balaban J connectivity index is 1.42. The molecule has 1 unspecified atom stereocenters. The monoisotopic (exact) mass is 506 g/mol. The normalized spacial score (nSPS) is 14.2. The first-order valence-corrected chi connectivity index (χ1v) is 12.9. The molecule has 186 valence electrons. The molecule has 1 aliphatic heterocycles. The van der Waals surface area contributed by atoms with Crippen molar-refractivity contribution in [1.29, 1.82) is 0 Å². The Morgan fingerprint density at radius 1 is 0.744 bits per heavy atom. The van der Waals surface area contributed by atoms with Crippen LogP contribution < -0.4 is 9.47 Å². The lowest BCUT2D eigenvalue weighted by atomic mass is 9.81. The van der Waals surface area contributed by atoms with Crippen molar-refractivity contribution in [2.45, 2.75) is 5.92 Å². The molecule has 0 saturated heterocycles. The molecule has 7 aromatic rings. The van der Waals surface area contributed by atoms with E-state index in [4.69, 9.17) is 24.5 Å². The highest BCUT2D eigenvalue weighted by molar-refractivity contribution is 5.95. The van der Waals surface area contributed by atoms with Gasteiger partial charge in [-0.3, -0.25) is 0 Å². The summed E-state index contributed by atoms with van der Waals surface area (Å²) in [6, 6.07) is 35.3. The van der Waals surface area contributed by atoms with Gasteiger partial charge < -0.3 is 9.47 Å². The first-order chi connectivity index (χ1) is 19.3. The van der Waals surface area contributed by atoms with Gasteiger partial charge in [0.05, 0.1) is 12.7 Å². The molecule has 6 heteroatoms. The highest BCUT2D eigenvalue weighted by Gasteiger charge is 2.34. The summed E-state index contributed by atoms with van der Waals surface area (Å²) in [4.78, 5) is 9.83. The van der Waals surface area contributed by atoms with Crippen molar-refractivity contribution in [1.82, 2.24) is 19.6 Å². The lowest BCUT2D eigenvalue weighted by Gasteiger charge is -2.29. The summed E-state index contributed by atoms with van der Waals surface area (Å²) in [7, 11) is 1.68. The SMILES string of the molecule is COc1ccc(C2c3c(ccc4ccccc34)Oc3ncn4nc(-c5cccc6ccccc56)nc4c32)cc1. The van der Waals surface area contributed by atoms with E-state index < -0.39 is 0 Å². The van der Waals surface area contributed by atoms with Crippen LogP contribution in [0.25, 0.3) is 38.6 Å². The maximum absolute atomic E-state index is 6.46. The van der Waals surface area contributed by atoms with E-state index in [-0.39, 0.29) is 5.92 Å². The summed E-state index contributed by atoms with van der Waals surface area (Å²) in [5.41, 5.74) is 4.79. The van der Waals surface area contributed by atoms with E-state index in [1.165, 1.54) is 0 Å². The van der Waals surface area contributed by atoms with Crippen LogP contribution in [0.2, 0.25) is 0 Å². The fraction of sp³-hybridized carbons (Fsp3) is 0.0606. The summed E-state index contributed by atoms with van der Waals surface area (Å²) in [6.45, 7) is 0. The maximum Gasteiger partial charge on any atom is 0.228 e. The molecule has 39 heavy (non-hydrogen) atoms. The Morgan fingerprint density at radius 2 is 1.49 bits per heavy atom. The van der Waals surface area contributed by atoms with Gasteiger partial charge in [-0.15, -0.1) is 5.10 Å². The van der Waals surface area contributed by atoms with Gasteiger partial charge in [0.15, 0.2) is 11.5 Å². The second-order valence-electron chi connectivity index (χ2n) is 9.70. The van der Waals surface area contributed by atoms with E-state index in [0.717, 1.165) is 60.9 Å². The summed E-state index contributed by atoms with van der Waals surface area (Å²) >= 11 is 0. The molecule has 5 aromatic carbocycles. The van der Waals surface area contributed by atoms with Crippen LogP contribution >= 0.6 is 0 Å². The van der Waals surface area contributed by atoms with Gasteiger partial charge in [0, 0.05) is 17.0 Å². The quantitative estimate of drug-likeness (QED) is 0.250. The van der Waals surface area contributed by atoms with Crippen molar-refractivity contribution < 1.29 is 9.47 Å². The number of aromatic nitrogens is 4. The highest BCUT2D eigenvalue weighted by Crippen LogP contribution is 2.50. The van der Waals surface area contributed by atoms with E-state index >= 15 is 0 Å². The third kappa shape index (κ3) is 3.31. The Morgan fingerprint density at radius 3 is 2.31 bits per heavy atom. The van der Waals surface area contributed by atoms with Gasteiger partial charge in [0.2, 0.25) is 5.88 Å². The number of ether oxygens (including phenoxy) is 2. The van der Waals surface area contributed by atoms with E-state index in [2.05, 4.69) is 66.7 Å². The van der Waals surface area contributed by atoms with Crippen LogP contribution in [0.3, 0.4) is 0 Å². The van der Waals surface area contributed by atoms with Gasteiger partial charge >= 0.3 is 0 Å². The molecule has 0 saturated carbocycles. The maximum atomic E-state index is 6.46. The van der Waals surface area contributed by atoms with Gasteiger partial charge in [-0.2, -0.15) is 0 Å². The molecule has 6 nitrogen and oxygen atoms in total. The molecule has 3 heterocycles. The van der Waals surface area contributed by atoms with Crippen LogP contribution in [-0.2, 0) is 0 Å². The lowest BCUT2D eigenvalue weighted by molar-refractivity contribution is 0.414. The number of hydrogen-bond acceptors (Lipinski definition) is 5.